The summed E-state index contributed by atoms with van der Waals surface area (Å²) >= 11 is 0. The third-order valence-corrected chi connectivity index (χ3v) is 3.64. The molecule has 3 nitrogen and oxygen atoms in total. The van der Waals surface area contributed by atoms with Crippen LogP contribution in [0.2, 0.25) is 0 Å². The molecular weight excluding hydrogens is 166 g/mol. The smallest absolute Gasteiger partial charge is 0.141 e. The first kappa shape index (κ1) is 9.16. The maximum atomic E-state index is 11.7. The molecule has 0 amide bonds. The lowest BCUT2D eigenvalue weighted by Gasteiger charge is -2.37. The van der Waals surface area contributed by atoms with Gasteiger partial charge >= 0.3 is 0 Å². The van der Waals surface area contributed by atoms with Crippen molar-refractivity contribution < 1.29 is 9.90 Å². The highest BCUT2D eigenvalue weighted by Crippen LogP contribution is 2.37. The molecule has 2 rings (SSSR count). The van der Waals surface area contributed by atoms with Crippen LogP contribution in [0.15, 0.2) is 0 Å². The average Bonchev–Trinajstić information content (AvgIpc) is 2.34. The highest BCUT2D eigenvalue weighted by molar-refractivity contribution is 5.84. The third-order valence-electron chi connectivity index (χ3n) is 3.64. The summed E-state index contributed by atoms with van der Waals surface area (Å²) in [6.45, 7) is 1.73. The van der Waals surface area contributed by atoms with Gasteiger partial charge in [0.15, 0.2) is 0 Å². The summed E-state index contributed by atoms with van der Waals surface area (Å²) in [5.74, 6) is 0.129. The number of fused-ring (bicyclic) bond motifs is 2. The van der Waals surface area contributed by atoms with Gasteiger partial charge in [-0.1, -0.05) is 0 Å². The molecule has 2 bridgehead atoms. The maximum Gasteiger partial charge on any atom is 0.141 e. The van der Waals surface area contributed by atoms with Gasteiger partial charge in [0.25, 0.3) is 0 Å². The molecule has 0 radical (unpaired) electrons. The minimum Gasteiger partial charge on any atom is -0.393 e. The fourth-order valence-electron chi connectivity index (χ4n) is 2.89. The van der Waals surface area contributed by atoms with Crippen LogP contribution in [0.5, 0.6) is 0 Å². The number of aliphatic hydroxyl groups is 1. The lowest BCUT2D eigenvalue weighted by Crippen LogP contribution is -2.50. The van der Waals surface area contributed by atoms with Crippen LogP contribution in [0.4, 0.5) is 0 Å². The number of nitrogens with zero attached hydrogens (tertiary/aromatic N) is 1. The van der Waals surface area contributed by atoms with Crippen LogP contribution in [0, 0.1) is 5.92 Å². The van der Waals surface area contributed by atoms with Gasteiger partial charge in [0, 0.05) is 18.5 Å². The lowest BCUT2D eigenvalue weighted by molar-refractivity contribution is -0.133. The number of aliphatic hydroxyl groups excluding tert-OH is 1. The van der Waals surface area contributed by atoms with Crippen LogP contribution in [0.1, 0.15) is 26.2 Å². The Morgan fingerprint density at radius 3 is 2.85 bits per heavy atom. The summed E-state index contributed by atoms with van der Waals surface area (Å²) in [6, 6.07) is 0.749. The summed E-state index contributed by atoms with van der Waals surface area (Å²) in [7, 11) is 2.07. The van der Waals surface area contributed by atoms with Gasteiger partial charge in [-0.15, -0.1) is 0 Å². The van der Waals surface area contributed by atoms with Crippen LogP contribution >= 0.6 is 0 Å². The fraction of sp³-hybridized carbons (Fsp3) is 0.900. The molecule has 2 saturated heterocycles. The van der Waals surface area contributed by atoms with Gasteiger partial charge in [0.1, 0.15) is 5.78 Å². The number of hydrogen-bond donors (Lipinski definition) is 1. The maximum absolute atomic E-state index is 11.7. The monoisotopic (exact) mass is 183 g/mol. The van der Waals surface area contributed by atoms with E-state index in [4.69, 9.17) is 0 Å². The topological polar surface area (TPSA) is 40.5 Å². The fourth-order valence-corrected chi connectivity index (χ4v) is 2.89. The van der Waals surface area contributed by atoms with E-state index in [1.165, 1.54) is 0 Å². The van der Waals surface area contributed by atoms with Crippen molar-refractivity contribution in [3.8, 4) is 0 Å². The van der Waals surface area contributed by atoms with Crippen molar-refractivity contribution in [3.05, 3.63) is 0 Å². The van der Waals surface area contributed by atoms with Crippen LogP contribution in [0.3, 0.4) is 0 Å². The Balaban J connectivity index is 2.22. The standard InChI is InChI=1S/C10H17NO2/c1-6(12)10-8-4-3-7(11(8)2)5-9(10)13/h6-8,10,12H,3-5H2,1-2H3/t6-,7-,8+,10+/m0/s1. The van der Waals surface area contributed by atoms with Crippen LogP contribution in [-0.2, 0) is 4.79 Å². The van der Waals surface area contributed by atoms with Crippen molar-refractivity contribution in [2.24, 2.45) is 5.92 Å². The highest BCUT2D eigenvalue weighted by Gasteiger charge is 2.46. The molecule has 0 aromatic rings. The second kappa shape index (κ2) is 3.07. The molecule has 0 aromatic heterocycles. The van der Waals surface area contributed by atoms with Gasteiger partial charge < -0.3 is 5.11 Å². The molecule has 74 valence electrons. The predicted molar refractivity (Wildman–Crippen MR) is 49.4 cm³/mol. The van der Waals surface area contributed by atoms with E-state index < -0.39 is 6.10 Å². The molecule has 2 aliphatic rings. The van der Waals surface area contributed by atoms with E-state index >= 15 is 0 Å². The zero-order valence-electron chi connectivity index (χ0n) is 8.23. The van der Waals surface area contributed by atoms with Gasteiger partial charge in [-0.2, -0.15) is 0 Å². The van der Waals surface area contributed by atoms with Crippen molar-refractivity contribution in [1.82, 2.24) is 4.90 Å². The van der Waals surface area contributed by atoms with E-state index in [2.05, 4.69) is 11.9 Å². The Hall–Kier alpha value is -0.410. The molecule has 1 N–H and O–H groups in total. The quantitative estimate of drug-likeness (QED) is 0.640. The van der Waals surface area contributed by atoms with E-state index in [1.807, 2.05) is 0 Å². The number of carbonyl (C=O) groups excluding carboxylic acids is 1. The third kappa shape index (κ3) is 1.30. The van der Waals surface area contributed by atoms with Gasteiger partial charge in [0.05, 0.1) is 12.0 Å². The zero-order chi connectivity index (χ0) is 9.59. The molecule has 2 aliphatic heterocycles. The van der Waals surface area contributed by atoms with E-state index in [1.54, 1.807) is 6.92 Å². The Kier molecular flexibility index (Phi) is 2.16. The molecule has 0 aromatic carbocycles. The largest absolute Gasteiger partial charge is 0.393 e. The minimum atomic E-state index is -0.487. The van der Waals surface area contributed by atoms with Gasteiger partial charge in [-0.3, -0.25) is 9.69 Å². The molecule has 0 saturated carbocycles. The first-order valence-corrected chi connectivity index (χ1v) is 5.04. The van der Waals surface area contributed by atoms with E-state index in [0.29, 0.717) is 18.5 Å². The number of Topliss-reactive ketones (excluding diaryl/α,β-unsaturated/α-hetero) is 1. The Bertz CT molecular complexity index is 227. The molecule has 4 atom stereocenters. The number of piperidine rings is 1. The second-order valence-electron chi connectivity index (χ2n) is 4.40. The van der Waals surface area contributed by atoms with E-state index in [0.717, 1.165) is 12.8 Å². The number of carbonyl (C=O) groups is 1. The average molecular weight is 183 g/mol. The van der Waals surface area contributed by atoms with Crippen molar-refractivity contribution >= 4 is 5.78 Å². The number of ketones is 1. The van der Waals surface area contributed by atoms with Crippen LogP contribution < -0.4 is 0 Å². The summed E-state index contributed by atoms with van der Waals surface area (Å²) < 4.78 is 0. The predicted octanol–water partition coefficient (Wildman–Crippen LogP) is 0.419. The highest BCUT2D eigenvalue weighted by atomic mass is 16.3. The molecule has 0 unspecified atom stereocenters. The summed E-state index contributed by atoms with van der Waals surface area (Å²) in [6.07, 6.45) is 2.35. The number of hydrogen-bond acceptors (Lipinski definition) is 3. The lowest BCUT2D eigenvalue weighted by atomic mass is 9.85. The first-order valence-electron chi connectivity index (χ1n) is 5.04. The molecule has 13 heavy (non-hydrogen) atoms. The van der Waals surface area contributed by atoms with Crippen molar-refractivity contribution in [3.63, 3.8) is 0 Å². The first-order chi connectivity index (χ1) is 6.11. The molecule has 0 spiro atoms. The van der Waals surface area contributed by atoms with E-state index in [9.17, 15) is 9.90 Å². The van der Waals surface area contributed by atoms with Crippen molar-refractivity contribution in [2.75, 3.05) is 7.05 Å². The van der Waals surface area contributed by atoms with Gasteiger partial charge in [-0.25, -0.2) is 0 Å². The van der Waals surface area contributed by atoms with Crippen molar-refractivity contribution in [1.29, 1.82) is 0 Å². The molecule has 2 fully saturated rings. The van der Waals surface area contributed by atoms with Crippen LogP contribution in [-0.4, -0.2) is 41.0 Å². The van der Waals surface area contributed by atoms with E-state index in [-0.39, 0.29) is 11.7 Å². The summed E-state index contributed by atoms with van der Waals surface area (Å²) in [5, 5.41) is 9.54. The zero-order valence-corrected chi connectivity index (χ0v) is 8.23. The molecule has 2 heterocycles. The molecule has 0 aliphatic carbocycles. The Morgan fingerprint density at radius 1 is 1.54 bits per heavy atom. The van der Waals surface area contributed by atoms with Crippen LogP contribution in [0.25, 0.3) is 0 Å². The van der Waals surface area contributed by atoms with Crippen molar-refractivity contribution in [2.45, 2.75) is 44.4 Å². The Morgan fingerprint density at radius 2 is 2.23 bits per heavy atom. The van der Waals surface area contributed by atoms with Gasteiger partial charge in [-0.05, 0) is 26.8 Å². The summed E-state index contributed by atoms with van der Waals surface area (Å²) in [5.41, 5.74) is 0. The SMILES string of the molecule is C[C@H](O)[C@H]1C(=O)C[C@@H]2CC[C@H]1N2C. The molecular formula is C10H17NO2. The normalized spacial score (nSPS) is 42.4. The van der Waals surface area contributed by atoms with Gasteiger partial charge in [0.2, 0.25) is 0 Å². The number of rotatable bonds is 1. The Labute approximate surface area is 78.7 Å². The second-order valence-corrected chi connectivity index (χ2v) is 4.40. The summed E-state index contributed by atoms with van der Waals surface area (Å²) in [4.78, 5) is 13.9. The minimum absolute atomic E-state index is 0.135. The molecule has 3 heteroatoms.